The first-order chi connectivity index (χ1) is 10.2. The zero-order valence-corrected chi connectivity index (χ0v) is 13.3. The van der Waals surface area contributed by atoms with E-state index in [4.69, 9.17) is 16.3 Å². The monoisotopic (exact) mass is 325 g/mol. The molecule has 5 heteroatoms. The zero-order valence-electron chi connectivity index (χ0n) is 11.7. The highest BCUT2D eigenvalue weighted by atomic mass is 35.5. The summed E-state index contributed by atoms with van der Waals surface area (Å²) in [6, 6.07) is 12.4. The summed E-state index contributed by atoms with van der Waals surface area (Å²) in [4.78, 5) is 1.76. The summed E-state index contributed by atoms with van der Waals surface area (Å²) in [6.07, 6.45) is 0. The van der Waals surface area contributed by atoms with Crippen molar-refractivity contribution in [1.82, 2.24) is 5.32 Å². The minimum Gasteiger partial charge on any atom is -0.383 e. The van der Waals surface area contributed by atoms with E-state index in [2.05, 4.69) is 5.32 Å². The molecule has 2 aromatic rings. The molecular weight excluding hydrogens is 309 g/mol. The number of methoxy groups -OCH3 is 1. The molecule has 0 saturated carbocycles. The molecule has 112 valence electrons. The molecule has 0 amide bonds. The van der Waals surface area contributed by atoms with Crippen LogP contribution in [0.1, 0.15) is 5.56 Å². The molecule has 2 rings (SSSR count). The van der Waals surface area contributed by atoms with Crippen LogP contribution in [0, 0.1) is 5.82 Å². The van der Waals surface area contributed by atoms with Crippen LogP contribution >= 0.6 is 23.4 Å². The number of benzene rings is 2. The predicted molar refractivity (Wildman–Crippen MR) is 85.6 cm³/mol. The van der Waals surface area contributed by atoms with Gasteiger partial charge in [0.05, 0.1) is 11.6 Å². The van der Waals surface area contributed by atoms with Crippen molar-refractivity contribution in [3.8, 4) is 0 Å². The molecule has 0 saturated heterocycles. The fraction of sp³-hybridized carbons (Fsp3) is 0.250. The van der Waals surface area contributed by atoms with Crippen LogP contribution in [0.4, 0.5) is 4.39 Å². The first kappa shape index (κ1) is 16.3. The Morgan fingerprint density at radius 2 is 2.10 bits per heavy atom. The van der Waals surface area contributed by atoms with Crippen LogP contribution in [-0.2, 0) is 11.3 Å². The molecule has 0 spiro atoms. The SMILES string of the molecule is COCCNCc1ccc(Sc2cccc(F)c2)c(Cl)c1. The van der Waals surface area contributed by atoms with Crippen molar-refractivity contribution < 1.29 is 9.13 Å². The molecule has 0 aliphatic heterocycles. The van der Waals surface area contributed by atoms with E-state index in [1.54, 1.807) is 13.2 Å². The van der Waals surface area contributed by atoms with Crippen LogP contribution in [0.3, 0.4) is 0 Å². The number of halogens is 2. The number of hydrogen-bond acceptors (Lipinski definition) is 3. The van der Waals surface area contributed by atoms with E-state index in [0.29, 0.717) is 11.6 Å². The molecule has 0 aliphatic rings. The average molecular weight is 326 g/mol. The summed E-state index contributed by atoms with van der Waals surface area (Å²) in [5.41, 5.74) is 1.11. The maximum atomic E-state index is 13.2. The van der Waals surface area contributed by atoms with Gasteiger partial charge >= 0.3 is 0 Å². The van der Waals surface area contributed by atoms with Crippen LogP contribution in [0.15, 0.2) is 52.3 Å². The van der Waals surface area contributed by atoms with Crippen molar-refractivity contribution in [3.05, 3.63) is 58.9 Å². The van der Waals surface area contributed by atoms with Gasteiger partial charge in [0.25, 0.3) is 0 Å². The second-order valence-corrected chi connectivity index (χ2v) is 6.02. The molecular formula is C16H17ClFNOS. The molecule has 0 aliphatic carbocycles. The largest absolute Gasteiger partial charge is 0.383 e. The molecule has 21 heavy (non-hydrogen) atoms. The van der Waals surface area contributed by atoms with Gasteiger partial charge in [-0.25, -0.2) is 4.39 Å². The van der Waals surface area contributed by atoms with Crippen molar-refractivity contribution >= 4 is 23.4 Å². The van der Waals surface area contributed by atoms with Crippen LogP contribution in [-0.4, -0.2) is 20.3 Å². The van der Waals surface area contributed by atoms with Gasteiger partial charge < -0.3 is 10.1 Å². The molecule has 0 radical (unpaired) electrons. The number of nitrogens with one attached hydrogen (secondary N) is 1. The minimum absolute atomic E-state index is 0.241. The lowest BCUT2D eigenvalue weighted by Gasteiger charge is -2.08. The Hall–Kier alpha value is -1.07. The topological polar surface area (TPSA) is 21.3 Å². The van der Waals surface area contributed by atoms with E-state index in [1.165, 1.54) is 23.9 Å². The van der Waals surface area contributed by atoms with E-state index >= 15 is 0 Å². The molecule has 2 aromatic carbocycles. The number of hydrogen-bond donors (Lipinski definition) is 1. The quantitative estimate of drug-likeness (QED) is 0.764. The fourth-order valence-corrected chi connectivity index (χ4v) is 2.98. The van der Waals surface area contributed by atoms with Gasteiger partial charge in [-0.2, -0.15) is 0 Å². The smallest absolute Gasteiger partial charge is 0.124 e. The Morgan fingerprint density at radius 1 is 1.24 bits per heavy atom. The first-order valence-electron chi connectivity index (χ1n) is 6.60. The van der Waals surface area contributed by atoms with Crippen LogP contribution in [0.5, 0.6) is 0 Å². The summed E-state index contributed by atoms with van der Waals surface area (Å²) in [5.74, 6) is -0.241. The van der Waals surface area contributed by atoms with E-state index in [-0.39, 0.29) is 5.82 Å². The van der Waals surface area contributed by atoms with Crippen LogP contribution in [0.25, 0.3) is 0 Å². The van der Waals surface area contributed by atoms with Gasteiger partial charge in [-0.05, 0) is 35.9 Å². The average Bonchev–Trinajstić information content (AvgIpc) is 2.46. The lowest BCUT2D eigenvalue weighted by atomic mass is 10.2. The molecule has 1 N–H and O–H groups in total. The minimum atomic E-state index is -0.241. The molecule has 0 atom stereocenters. The maximum absolute atomic E-state index is 13.2. The zero-order chi connectivity index (χ0) is 15.1. The van der Waals surface area contributed by atoms with Gasteiger partial charge in [-0.1, -0.05) is 35.5 Å². The van der Waals surface area contributed by atoms with Crippen molar-refractivity contribution in [2.45, 2.75) is 16.3 Å². The lowest BCUT2D eigenvalue weighted by molar-refractivity contribution is 0.199. The van der Waals surface area contributed by atoms with Crippen molar-refractivity contribution in [2.75, 3.05) is 20.3 Å². The van der Waals surface area contributed by atoms with Gasteiger partial charge in [0.2, 0.25) is 0 Å². The Labute approximate surface area is 133 Å². The van der Waals surface area contributed by atoms with Gasteiger partial charge in [0.1, 0.15) is 5.82 Å². The third kappa shape index (κ3) is 5.32. The fourth-order valence-electron chi connectivity index (χ4n) is 1.80. The molecule has 0 heterocycles. The third-order valence-electron chi connectivity index (χ3n) is 2.83. The van der Waals surface area contributed by atoms with Gasteiger partial charge in [-0.15, -0.1) is 0 Å². The lowest BCUT2D eigenvalue weighted by Crippen LogP contribution is -2.18. The maximum Gasteiger partial charge on any atom is 0.124 e. The summed E-state index contributed by atoms with van der Waals surface area (Å²) < 4.78 is 18.1. The Morgan fingerprint density at radius 3 is 2.81 bits per heavy atom. The second kappa shape index (κ2) is 8.39. The van der Waals surface area contributed by atoms with Gasteiger partial charge in [-0.3, -0.25) is 0 Å². The predicted octanol–water partition coefficient (Wildman–Crippen LogP) is 4.37. The van der Waals surface area contributed by atoms with Gasteiger partial charge in [0, 0.05) is 30.0 Å². The Bertz CT molecular complexity index is 594. The Kier molecular flexibility index (Phi) is 6.51. The standard InChI is InChI=1S/C16H17ClFNOS/c1-20-8-7-19-11-12-5-6-16(15(17)9-12)21-14-4-2-3-13(18)10-14/h2-6,9-10,19H,7-8,11H2,1H3. The van der Waals surface area contributed by atoms with Gasteiger partial charge in [0.15, 0.2) is 0 Å². The summed E-state index contributed by atoms with van der Waals surface area (Å²) in [6.45, 7) is 2.23. The second-order valence-electron chi connectivity index (χ2n) is 4.49. The summed E-state index contributed by atoms with van der Waals surface area (Å²) >= 11 is 7.75. The van der Waals surface area contributed by atoms with Crippen LogP contribution < -0.4 is 5.32 Å². The van der Waals surface area contributed by atoms with Crippen LogP contribution in [0.2, 0.25) is 5.02 Å². The first-order valence-corrected chi connectivity index (χ1v) is 7.80. The third-order valence-corrected chi connectivity index (χ3v) is 4.32. The van der Waals surface area contributed by atoms with E-state index in [9.17, 15) is 4.39 Å². The highest BCUT2D eigenvalue weighted by Gasteiger charge is 2.05. The Balaban J connectivity index is 1.98. The highest BCUT2D eigenvalue weighted by Crippen LogP contribution is 2.34. The summed E-state index contributed by atoms with van der Waals surface area (Å²) in [5, 5.41) is 3.94. The summed E-state index contributed by atoms with van der Waals surface area (Å²) in [7, 11) is 1.68. The van der Waals surface area contributed by atoms with E-state index < -0.39 is 0 Å². The molecule has 0 fully saturated rings. The molecule has 0 unspecified atom stereocenters. The number of rotatable bonds is 7. The number of ether oxygens (including phenoxy) is 1. The molecule has 0 bridgehead atoms. The highest BCUT2D eigenvalue weighted by molar-refractivity contribution is 7.99. The van der Waals surface area contributed by atoms with E-state index in [1.807, 2.05) is 24.3 Å². The van der Waals surface area contributed by atoms with Crippen molar-refractivity contribution in [2.24, 2.45) is 0 Å². The van der Waals surface area contributed by atoms with E-state index in [0.717, 1.165) is 28.4 Å². The normalized spacial score (nSPS) is 10.8. The molecule has 0 aromatic heterocycles. The van der Waals surface area contributed by atoms with Crippen molar-refractivity contribution in [1.29, 1.82) is 0 Å². The van der Waals surface area contributed by atoms with Crippen molar-refractivity contribution in [3.63, 3.8) is 0 Å². The molecule has 2 nitrogen and oxygen atoms in total.